The van der Waals surface area contributed by atoms with Crippen molar-refractivity contribution in [1.82, 2.24) is 4.98 Å². The maximum atomic E-state index is 12.8. The zero-order valence-electron chi connectivity index (χ0n) is 14.3. The van der Waals surface area contributed by atoms with Crippen LogP contribution in [0.1, 0.15) is 21.5 Å². The standard InChI is InChI=1S/C20H13F3N4O/c21-20(22,23)15-2-1-3-17(11-15)26-18-10-14(8-9-25-18)19(28)27-16-6-4-13(12-24)5-7-16/h1-11H,(H,25,26)(H,27,28). The molecular weight excluding hydrogens is 369 g/mol. The van der Waals surface area contributed by atoms with Crippen LogP contribution in [0, 0.1) is 11.3 Å². The molecule has 0 aliphatic heterocycles. The van der Waals surface area contributed by atoms with Gasteiger partial charge in [-0.25, -0.2) is 4.98 Å². The maximum Gasteiger partial charge on any atom is 0.416 e. The summed E-state index contributed by atoms with van der Waals surface area (Å²) in [4.78, 5) is 16.4. The number of hydrogen-bond donors (Lipinski definition) is 2. The number of halogens is 3. The van der Waals surface area contributed by atoms with Crippen molar-refractivity contribution in [3.05, 3.63) is 83.6 Å². The van der Waals surface area contributed by atoms with Gasteiger partial charge in [0.05, 0.1) is 17.2 Å². The van der Waals surface area contributed by atoms with Crippen molar-refractivity contribution in [1.29, 1.82) is 5.26 Å². The van der Waals surface area contributed by atoms with E-state index in [0.29, 0.717) is 11.3 Å². The normalized spacial score (nSPS) is 10.8. The Morgan fingerprint density at radius 3 is 2.43 bits per heavy atom. The summed E-state index contributed by atoms with van der Waals surface area (Å²) in [6.45, 7) is 0. The van der Waals surface area contributed by atoms with Crippen molar-refractivity contribution in [2.45, 2.75) is 6.18 Å². The summed E-state index contributed by atoms with van der Waals surface area (Å²) in [6, 6.07) is 15.9. The van der Waals surface area contributed by atoms with Crippen LogP contribution in [-0.2, 0) is 6.18 Å². The number of hydrogen-bond acceptors (Lipinski definition) is 4. The summed E-state index contributed by atoms with van der Waals surface area (Å²) in [5, 5.41) is 14.2. The van der Waals surface area contributed by atoms with E-state index < -0.39 is 17.6 Å². The molecule has 2 aromatic carbocycles. The molecule has 0 saturated heterocycles. The Morgan fingerprint density at radius 2 is 1.75 bits per heavy atom. The average Bonchev–Trinajstić information content (AvgIpc) is 2.68. The van der Waals surface area contributed by atoms with Gasteiger partial charge < -0.3 is 10.6 Å². The molecule has 0 fully saturated rings. The van der Waals surface area contributed by atoms with E-state index in [4.69, 9.17) is 5.26 Å². The van der Waals surface area contributed by atoms with Gasteiger partial charge in [0.1, 0.15) is 5.82 Å². The van der Waals surface area contributed by atoms with Gasteiger partial charge in [0.15, 0.2) is 0 Å². The van der Waals surface area contributed by atoms with Crippen molar-refractivity contribution >= 4 is 23.1 Å². The van der Waals surface area contributed by atoms with Crippen molar-refractivity contribution in [2.75, 3.05) is 10.6 Å². The van der Waals surface area contributed by atoms with Crippen LogP contribution in [-0.4, -0.2) is 10.9 Å². The monoisotopic (exact) mass is 382 g/mol. The predicted molar refractivity (Wildman–Crippen MR) is 98.1 cm³/mol. The number of nitriles is 1. The lowest BCUT2D eigenvalue weighted by Crippen LogP contribution is -2.12. The van der Waals surface area contributed by atoms with Gasteiger partial charge in [-0.1, -0.05) is 6.07 Å². The highest BCUT2D eigenvalue weighted by Gasteiger charge is 2.30. The molecule has 3 aromatic rings. The molecule has 0 atom stereocenters. The molecule has 0 spiro atoms. The minimum Gasteiger partial charge on any atom is -0.340 e. The highest BCUT2D eigenvalue weighted by atomic mass is 19.4. The number of anilines is 3. The fourth-order valence-corrected chi connectivity index (χ4v) is 2.39. The van der Waals surface area contributed by atoms with E-state index >= 15 is 0 Å². The Bertz CT molecular complexity index is 1040. The molecule has 1 heterocycles. The minimum absolute atomic E-state index is 0.201. The number of carbonyl (C=O) groups excluding carboxylic acids is 1. The predicted octanol–water partition coefficient (Wildman–Crippen LogP) is 4.97. The first-order valence-corrected chi connectivity index (χ1v) is 8.07. The van der Waals surface area contributed by atoms with Crippen LogP contribution in [0.5, 0.6) is 0 Å². The molecule has 0 aliphatic carbocycles. The van der Waals surface area contributed by atoms with Gasteiger partial charge in [-0.15, -0.1) is 0 Å². The summed E-state index contributed by atoms with van der Waals surface area (Å²) in [7, 11) is 0. The molecule has 0 unspecified atom stereocenters. The summed E-state index contributed by atoms with van der Waals surface area (Å²) < 4.78 is 38.5. The smallest absolute Gasteiger partial charge is 0.340 e. The van der Waals surface area contributed by atoms with Crippen molar-refractivity contribution in [3.8, 4) is 6.07 Å². The molecule has 0 radical (unpaired) electrons. The minimum atomic E-state index is -4.45. The first-order valence-electron chi connectivity index (χ1n) is 8.07. The Kier molecular flexibility index (Phi) is 5.27. The SMILES string of the molecule is N#Cc1ccc(NC(=O)c2ccnc(Nc3cccc(C(F)(F)F)c3)c2)cc1. The maximum absolute atomic E-state index is 12.8. The fraction of sp³-hybridized carbons (Fsp3) is 0.0500. The molecule has 8 heteroatoms. The number of nitrogens with one attached hydrogen (secondary N) is 2. The van der Waals surface area contributed by atoms with Gasteiger partial charge in [0.25, 0.3) is 5.91 Å². The molecule has 0 saturated carbocycles. The van der Waals surface area contributed by atoms with E-state index in [1.54, 1.807) is 24.3 Å². The lowest BCUT2D eigenvalue weighted by atomic mass is 10.2. The van der Waals surface area contributed by atoms with Gasteiger partial charge >= 0.3 is 6.18 Å². The van der Waals surface area contributed by atoms with Crippen LogP contribution in [0.2, 0.25) is 0 Å². The lowest BCUT2D eigenvalue weighted by Gasteiger charge is -2.11. The second-order valence-corrected chi connectivity index (χ2v) is 5.78. The molecule has 2 N–H and O–H groups in total. The molecule has 0 bridgehead atoms. The van der Waals surface area contributed by atoms with Crippen molar-refractivity contribution in [3.63, 3.8) is 0 Å². The van der Waals surface area contributed by atoms with Crippen LogP contribution >= 0.6 is 0 Å². The van der Waals surface area contributed by atoms with E-state index in [1.807, 2.05) is 6.07 Å². The Hall–Kier alpha value is -3.86. The van der Waals surface area contributed by atoms with E-state index in [2.05, 4.69) is 15.6 Å². The highest BCUT2D eigenvalue weighted by molar-refractivity contribution is 6.04. The second-order valence-electron chi connectivity index (χ2n) is 5.78. The number of rotatable bonds is 4. The first-order chi connectivity index (χ1) is 13.3. The zero-order valence-corrected chi connectivity index (χ0v) is 14.3. The molecule has 3 rings (SSSR count). The quantitative estimate of drug-likeness (QED) is 0.668. The van der Waals surface area contributed by atoms with Crippen LogP contribution < -0.4 is 10.6 Å². The Labute approximate surface area is 158 Å². The first kappa shape index (κ1) is 18.9. The molecule has 1 amide bonds. The molecule has 140 valence electrons. The van der Waals surface area contributed by atoms with E-state index in [0.717, 1.165) is 12.1 Å². The topological polar surface area (TPSA) is 77.8 Å². The number of amides is 1. The number of alkyl halides is 3. The third kappa shape index (κ3) is 4.65. The largest absolute Gasteiger partial charge is 0.416 e. The molecule has 5 nitrogen and oxygen atoms in total. The summed E-state index contributed by atoms with van der Waals surface area (Å²) >= 11 is 0. The van der Waals surface area contributed by atoms with E-state index in [1.165, 1.54) is 30.5 Å². The average molecular weight is 382 g/mol. The van der Waals surface area contributed by atoms with Crippen LogP contribution in [0.25, 0.3) is 0 Å². The van der Waals surface area contributed by atoms with Gasteiger partial charge in [0, 0.05) is 23.1 Å². The van der Waals surface area contributed by atoms with Crippen molar-refractivity contribution in [2.24, 2.45) is 0 Å². The number of nitrogens with zero attached hydrogens (tertiary/aromatic N) is 2. The van der Waals surface area contributed by atoms with Crippen molar-refractivity contribution < 1.29 is 18.0 Å². The third-order valence-electron chi connectivity index (χ3n) is 3.76. The van der Waals surface area contributed by atoms with Gasteiger partial charge in [0.2, 0.25) is 0 Å². The van der Waals surface area contributed by atoms with Crippen LogP contribution in [0.4, 0.5) is 30.4 Å². The van der Waals surface area contributed by atoms with Gasteiger partial charge in [-0.2, -0.15) is 18.4 Å². The van der Waals surface area contributed by atoms with Crippen LogP contribution in [0.3, 0.4) is 0 Å². The third-order valence-corrected chi connectivity index (χ3v) is 3.76. The summed E-state index contributed by atoms with van der Waals surface area (Å²) in [6.07, 6.45) is -3.07. The van der Waals surface area contributed by atoms with E-state index in [-0.39, 0.29) is 17.1 Å². The summed E-state index contributed by atoms with van der Waals surface area (Å²) in [5.74, 6) is -0.189. The second kappa shape index (κ2) is 7.80. The number of aromatic nitrogens is 1. The summed E-state index contributed by atoms with van der Waals surface area (Å²) in [5.41, 5.74) is 0.663. The number of pyridine rings is 1. The van der Waals surface area contributed by atoms with E-state index in [9.17, 15) is 18.0 Å². The highest BCUT2D eigenvalue weighted by Crippen LogP contribution is 2.31. The van der Waals surface area contributed by atoms with Crippen LogP contribution in [0.15, 0.2) is 66.9 Å². The Balaban J connectivity index is 1.75. The molecular formula is C20H13F3N4O. The number of benzene rings is 2. The van der Waals surface area contributed by atoms with Gasteiger partial charge in [-0.05, 0) is 54.6 Å². The molecule has 0 aliphatic rings. The molecule has 28 heavy (non-hydrogen) atoms. The fourth-order valence-electron chi connectivity index (χ4n) is 2.39. The number of carbonyl (C=O) groups is 1. The Morgan fingerprint density at radius 1 is 1.00 bits per heavy atom. The zero-order chi connectivity index (χ0) is 20.1. The lowest BCUT2D eigenvalue weighted by molar-refractivity contribution is -0.137. The molecule has 1 aromatic heterocycles. The van der Waals surface area contributed by atoms with Gasteiger partial charge in [-0.3, -0.25) is 4.79 Å².